The average molecular weight is 472 g/mol. The molecule has 1 N–H and O–H groups in total. The van der Waals surface area contributed by atoms with Gasteiger partial charge in [-0.25, -0.2) is 0 Å². The minimum Gasteiger partial charge on any atom is -0.381 e. The zero-order chi connectivity index (χ0) is 17.7. The van der Waals surface area contributed by atoms with Crippen LogP contribution in [0.15, 0.2) is 35.3 Å². The fourth-order valence-corrected chi connectivity index (χ4v) is 3.77. The van der Waals surface area contributed by atoms with Gasteiger partial charge in [-0.05, 0) is 38.8 Å². The molecule has 0 aliphatic carbocycles. The normalized spacial score (nSPS) is 23.8. The molecule has 2 aliphatic rings. The van der Waals surface area contributed by atoms with Crippen LogP contribution in [0.25, 0.3) is 0 Å². The Morgan fingerprint density at radius 1 is 1.35 bits per heavy atom. The highest BCUT2D eigenvalue weighted by atomic mass is 127. The molecule has 2 unspecified atom stereocenters. The third-order valence-electron chi connectivity index (χ3n) is 5.59. The number of para-hydroxylation sites is 1. The van der Waals surface area contributed by atoms with Gasteiger partial charge in [-0.1, -0.05) is 18.2 Å². The number of rotatable bonds is 5. The summed E-state index contributed by atoms with van der Waals surface area (Å²) in [5, 5.41) is 3.48. The minimum atomic E-state index is 0. The van der Waals surface area contributed by atoms with Crippen molar-refractivity contribution in [3.05, 3.63) is 30.3 Å². The maximum atomic E-state index is 5.66. The zero-order valence-electron chi connectivity index (χ0n) is 16.3. The number of nitrogens with one attached hydrogen (secondary N) is 1. The van der Waals surface area contributed by atoms with Gasteiger partial charge in [-0.3, -0.25) is 4.99 Å². The predicted octanol–water partition coefficient (Wildman–Crippen LogP) is 3.21. The Morgan fingerprint density at radius 3 is 2.77 bits per heavy atom. The summed E-state index contributed by atoms with van der Waals surface area (Å²) in [4.78, 5) is 9.66. The van der Waals surface area contributed by atoms with Crippen molar-refractivity contribution in [3.63, 3.8) is 0 Å². The van der Waals surface area contributed by atoms with Crippen LogP contribution >= 0.6 is 24.0 Å². The number of anilines is 1. The molecule has 26 heavy (non-hydrogen) atoms. The highest BCUT2D eigenvalue weighted by molar-refractivity contribution is 14.0. The number of benzene rings is 1. The third-order valence-corrected chi connectivity index (χ3v) is 5.59. The van der Waals surface area contributed by atoms with E-state index >= 15 is 0 Å². The van der Waals surface area contributed by atoms with Crippen molar-refractivity contribution >= 4 is 35.6 Å². The van der Waals surface area contributed by atoms with Gasteiger partial charge in [0.25, 0.3) is 0 Å². The fourth-order valence-electron chi connectivity index (χ4n) is 3.77. The first kappa shape index (κ1) is 21.3. The van der Waals surface area contributed by atoms with E-state index in [1.165, 1.54) is 18.5 Å². The van der Waals surface area contributed by atoms with Crippen LogP contribution in [0.1, 0.15) is 26.7 Å². The quantitative estimate of drug-likeness (QED) is 0.406. The Morgan fingerprint density at radius 2 is 2.12 bits per heavy atom. The second-order valence-electron chi connectivity index (χ2n) is 7.46. The summed E-state index contributed by atoms with van der Waals surface area (Å²) >= 11 is 0. The number of guanidine groups is 1. The molecule has 2 heterocycles. The minimum absolute atomic E-state index is 0. The summed E-state index contributed by atoms with van der Waals surface area (Å²) < 4.78 is 5.66. The lowest BCUT2D eigenvalue weighted by atomic mass is 9.87. The molecule has 1 aromatic rings. The summed E-state index contributed by atoms with van der Waals surface area (Å²) in [6.07, 6.45) is 2.41. The van der Waals surface area contributed by atoms with Gasteiger partial charge in [0.2, 0.25) is 0 Å². The summed E-state index contributed by atoms with van der Waals surface area (Å²) in [5.74, 6) is 1.06. The molecule has 0 amide bonds. The van der Waals surface area contributed by atoms with E-state index in [0.717, 1.165) is 45.4 Å². The Bertz CT molecular complexity index is 574. The lowest BCUT2D eigenvalue weighted by molar-refractivity contribution is 0.156. The maximum Gasteiger partial charge on any atom is 0.194 e. The van der Waals surface area contributed by atoms with Crippen LogP contribution in [0, 0.1) is 5.41 Å². The van der Waals surface area contributed by atoms with Crippen LogP contribution in [-0.2, 0) is 4.74 Å². The lowest BCUT2D eigenvalue weighted by Crippen LogP contribution is -2.42. The molecule has 6 heteroatoms. The van der Waals surface area contributed by atoms with Crippen LogP contribution in [0.2, 0.25) is 0 Å². The molecular weight excluding hydrogens is 439 g/mol. The van der Waals surface area contributed by atoms with Gasteiger partial charge in [0.05, 0.1) is 13.2 Å². The van der Waals surface area contributed by atoms with E-state index in [9.17, 15) is 0 Å². The van der Waals surface area contributed by atoms with Gasteiger partial charge in [-0.2, -0.15) is 0 Å². The van der Waals surface area contributed by atoms with Gasteiger partial charge in [-0.15, -0.1) is 24.0 Å². The molecule has 0 aromatic heterocycles. The second-order valence-corrected chi connectivity index (χ2v) is 7.46. The summed E-state index contributed by atoms with van der Waals surface area (Å²) in [5.41, 5.74) is 1.60. The van der Waals surface area contributed by atoms with Crippen molar-refractivity contribution in [3.8, 4) is 0 Å². The number of ether oxygens (including phenoxy) is 1. The molecule has 2 aliphatic heterocycles. The molecule has 146 valence electrons. The first-order valence-electron chi connectivity index (χ1n) is 9.52. The van der Waals surface area contributed by atoms with Crippen molar-refractivity contribution in [2.75, 3.05) is 51.3 Å². The van der Waals surface area contributed by atoms with Gasteiger partial charge in [0.15, 0.2) is 5.96 Å². The lowest BCUT2D eigenvalue weighted by Gasteiger charge is -2.28. The largest absolute Gasteiger partial charge is 0.381 e. The summed E-state index contributed by atoms with van der Waals surface area (Å²) in [6, 6.07) is 10.9. The number of hydrogen-bond donors (Lipinski definition) is 1. The Hall–Kier alpha value is -1.02. The Labute approximate surface area is 175 Å². The van der Waals surface area contributed by atoms with E-state index in [2.05, 4.69) is 66.3 Å². The predicted molar refractivity (Wildman–Crippen MR) is 120 cm³/mol. The van der Waals surface area contributed by atoms with Gasteiger partial charge in [0.1, 0.15) is 0 Å². The molecule has 5 nitrogen and oxygen atoms in total. The highest BCUT2D eigenvalue weighted by Gasteiger charge is 2.42. The van der Waals surface area contributed by atoms with E-state index in [1.54, 1.807) is 0 Å². The monoisotopic (exact) mass is 472 g/mol. The van der Waals surface area contributed by atoms with E-state index < -0.39 is 0 Å². The van der Waals surface area contributed by atoms with Crippen LogP contribution < -0.4 is 10.2 Å². The van der Waals surface area contributed by atoms with E-state index in [0.29, 0.717) is 11.5 Å². The molecule has 0 bridgehead atoms. The van der Waals surface area contributed by atoms with Crippen LogP contribution in [0.4, 0.5) is 5.69 Å². The molecular formula is C20H33IN4O. The first-order valence-corrected chi connectivity index (χ1v) is 9.52. The number of likely N-dealkylation sites (tertiary alicyclic amines) is 1. The van der Waals surface area contributed by atoms with Crippen molar-refractivity contribution < 1.29 is 4.74 Å². The number of halogens is 1. The number of nitrogens with zero attached hydrogens (tertiary/aromatic N) is 3. The third kappa shape index (κ3) is 5.03. The molecule has 0 saturated carbocycles. The van der Waals surface area contributed by atoms with E-state index in [4.69, 9.17) is 9.73 Å². The highest BCUT2D eigenvalue weighted by Crippen LogP contribution is 2.38. The van der Waals surface area contributed by atoms with Gasteiger partial charge in [0, 0.05) is 50.4 Å². The Kier molecular flexibility index (Phi) is 8.01. The zero-order valence-corrected chi connectivity index (χ0v) is 18.6. The maximum absolute atomic E-state index is 5.66. The van der Waals surface area contributed by atoms with Crippen molar-refractivity contribution in [1.29, 1.82) is 0 Å². The van der Waals surface area contributed by atoms with Crippen molar-refractivity contribution in [1.82, 2.24) is 10.2 Å². The second kappa shape index (κ2) is 9.78. The van der Waals surface area contributed by atoms with Crippen molar-refractivity contribution in [2.45, 2.75) is 32.7 Å². The fraction of sp³-hybridized carbons (Fsp3) is 0.650. The van der Waals surface area contributed by atoms with E-state index in [1.807, 2.05) is 0 Å². The number of aliphatic imine (C=N–C) groups is 1. The molecule has 1 spiro atoms. The standard InChI is InChI=1S/C20H32N4O.HI/c1-4-21-19(24-12-10-20(15-24)11-13-25-16-20)22-14-17(2)23(3)18-8-6-5-7-9-18;/h5-9,17H,4,10-16H2,1-3H3,(H,21,22);1H. The van der Waals surface area contributed by atoms with E-state index in [-0.39, 0.29) is 24.0 Å². The van der Waals surface area contributed by atoms with Gasteiger partial charge < -0.3 is 19.9 Å². The summed E-state index contributed by atoms with van der Waals surface area (Å²) in [7, 11) is 2.14. The van der Waals surface area contributed by atoms with Crippen molar-refractivity contribution in [2.24, 2.45) is 10.4 Å². The van der Waals surface area contributed by atoms with Crippen LogP contribution in [-0.4, -0.2) is 63.3 Å². The van der Waals surface area contributed by atoms with Crippen LogP contribution in [0.3, 0.4) is 0 Å². The number of hydrogen-bond acceptors (Lipinski definition) is 3. The van der Waals surface area contributed by atoms with Crippen LogP contribution in [0.5, 0.6) is 0 Å². The molecule has 2 fully saturated rings. The average Bonchev–Trinajstić information content (AvgIpc) is 3.28. The topological polar surface area (TPSA) is 40.1 Å². The summed E-state index contributed by atoms with van der Waals surface area (Å²) in [6.45, 7) is 10.0. The Balaban J connectivity index is 0.00000243. The first-order chi connectivity index (χ1) is 12.1. The molecule has 3 rings (SSSR count). The SMILES string of the molecule is CCNC(=NCC(C)N(C)c1ccccc1)N1CCC2(CCOC2)C1.I. The van der Waals surface area contributed by atoms with Gasteiger partial charge >= 0.3 is 0 Å². The molecule has 1 aromatic carbocycles. The smallest absolute Gasteiger partial charge is 0.194 e. The molecule has 2 atom stereocenters. The number of likely N-dealkylation sites (N-methyl/N-ethyl adjacent to an activating group) is 1. The molecule has 0 radical (unpaired) electrons. The molecule has 2 saturated heterocycles.